The molecule has 0 saturated heterocycles. The van der Waals surface area contributed by atoms with Gasteiger partial charge in [0.1, 0.15) is 0 Å². The van der Waals surface area contributed by atoms with Crippen LogP contribution in [-0.4, -0.2) is 19.0 Å². The number of benzene rings is 2. The van der Waals surface area contributed by atoms with Crippen LogP contribution in [0.2, 0.25) is 0 Å². The van der Waals surface area contributed by atoms with Gasteiger partial charge in [-0.25, -0.2) is 4.79 Å². The molecule has 126 valence electrons. The van der Waals surface area contributed by atoms with E-state index in [2.05, 4.69) is 15.9 Å². The molecule has 4 nitrogen and oxygen atoms in total. The van der Waals surface area contributed by atoms with Gasteiger partial charge in [0.05, 0.1) is 18.3 Å². The van der Waals surface area contributed by atoms with Gasteiger partial charge >= 0.3 is 5.97 Å². The van der Waals surface area contributed by atoms with Crippen molar-refractivity contribution in [2.45, 2.75) is 6.92 Å². The first-order valence-electron chi connectivity index (χ1n) is 7.69. The van der Waals surface area contributed by atoms with E-state index >= 15 is 0 Å². The highest BCUT2D eigenvalue weighted by atomic mass is 79.9. The van der Waals surface area contributed by atoms with Crippen molar-refractivity contribution in [2.75, 3.05) is 12.0 Å². The molecule has 25 heavy (non-hydrogen) atoms. The number of ether oxygens (including phenoxy) is 1. The van der Waals surface area contributed by atoms with Crippen LogP contribution in [0, 0.1) is 0 Å². The molecule has 2 aromatic rings. The molecule has 0 radical (unpaired) electrons. The first-order valence-corrected chi connectivity index (χ1v) is 8.48. The number of amides is 1. The number of hydrogen-bond acceptors (Lipinski definition) is 3. The summed E-state index contributed by atoms with van der Waals surface area (Å²) < 4.78 is 5.84. The fraction of sp³-hybridized carbons (Fsp3) is 0.100. The number of anilines is 1. The van der Waals surface area contributed by atoms with Gasteiger partial charge in [0.15, 0.2) is 0 Å². The van der Waals surface area contributed by atoms with Crippen LogP contribution in [-0.2, 0) is 14.3 Å². The summed E-state index contributed by atoms with van der Waals surface area (Å²) in [6.45, 7) is 1.75. The van der Waals surface area contributed by atoms with Crippen molar-refractivity contribution in [1.82, 2.24) is 0 Å². The number of esters is 1. The number of carbonyl (C=O) groups excluding carboxylic acids is 2. The molecule has 1 heterocycles. The van der Waals surface area contributed by atoms with Crippen molar-refractivity contribution < 1.29 is 14.3 Å². The van der Waals surface area contributed by atoms with E-state index in [0.717, 1.165) is 10.0 Å². The van der Waals surface area contributed by atoms with E-state index in [1.165, 1.54) is 12.0 Å². The van der Waals surface area contributed by atoms with Crippen LogP contribution in [0.5, 0.6) is 0 Å². The van der Waals surface area contributed by atoms with E-state index in [0.29, 0.717) is 22.5 Å². The predicted octanol–water partition coefficient (Wildman–Crippen LogP) is 4.33. The van der Waals surface area contributed by atoms with Crippen LogP contribution in [0.25, 0.3) is 6.08 Å². The van der Waals surface area contributed by atoms with Gasteiger partial charge in [-0.05, 0) is 42.8 Å². The number of carbonyl (C=O) groups is 2. The van der Waals surface area contributed by atoms with Crippen LogP contribution in [0.1, 0.15) is 12.5 Å². The van der Waals surface area contributed by atoms with E-state index in [4.69, 9.17) is 4.74 Å². The Morgan fingerprint density at radius 1 is 1.08 bits per heavy atom. The van der Waals surface area contributed by atoms with Gasteiger partial charge in [-0.3, -0.25) is 9.69 Å². The quantitative estimate of drug-likeness (QED) is 0.571. The van der Waals surface area contributed by atoms with Crippen molar-refractivity contribution >= 4 is 39.6 Å². The number of allylic oxidation sites excluding steroid dienone is 1. The van der Waals surface area contributed by atoms with Gasteiger partial charge in [0.25, 0.3) is 5.91 Å². The van der Waals surface area contributed by atoms with Crippen molar-refractivity contribution in [3.63, 3.8) is 0 Å². The SMILES string of the molecule is COC(=O)C1=C(C)N(c2ccccc2)C(=O)/C1=C\c1ccc(Br)cc1. The summed E-state index contributed by atoms with van der Waals surface area (Å²) in [5.74, 6) is -0.764. The summed E-state index contributed by atoms with van der Waals surface area (Å²) in [6.07, 6.45) is 1.72. The molecular weight excluding hydrogens is 382 g/mol. The molecule has 0 atom stereocenters. The first kappa shape index (κ1) is 17.2. The lowest BCUT2D eigenvalue weighted by atomic mass is 10.0. The fourth-order valence-electron chi connectivity index (χ4n) is 2.79. The maximum atomic E-state index is 13.0. The van der Waals surface area contributed by atoms with Crippen molar-refractivity contribution in [1.29, 1.82) is 0 Å². The van der Waals surface area contributed by atoms with E-state index in [9.17, 15) is 9.59 Å². The van der Waals surface area contributed by atoms with Crippen LogP contribution in [0.15, 0.2) is 75.9 Å². The molecule has 3 rings (SSSR count). The topological polar surface area (TPSA) is 46.6 Å². The lowest BCUT2D eigenvalue weighted by molar-refractivity contribution is -0.136. The van der Waals surface area contributed by atoms with E-state index < -0.39 is 5.97 Å². The minimum atomic E-state index is -0.521. The predicted molar refractivity (Wildman–Crippen MR) is 101 cm³/mol. The minimum absolute atomic E-state index is 0.244. The van der Waals surface area contributed by atoms with Gasteiger partial charge in [-0.15, -0.1) is 0 Å². The summed E-state index contributed by atoms with van der Waals surface area (Å²) in [4.78, 5) is 26.9. The van der Waals surface area contributed by atoms with Crippen LogP contribution >= 0.6 is 15.9 Å². The van der Waals surface area contributed by atoms with Crippen LogP contribution in [0.3, 0.4) is 0 Å². The van der Waals surface area contributed by atoms with E-state index in [1.807, 2.05) is 54.6 Å². The van der Waals surface area contributed by atoms with Gasteiger partial charge in [-0.2, -0.15) is 0 Å². The maximum Gasteiger partial charge on any atom is 0.340 e. The number of nitrogens with zero attached hydrogens (tertiary/aromatic N) is 1. The molecule has 0 unspecified atom stereocenters. The first-order chi connectivity index (χ1) is 12.0. The Morgan fingerprint density at radius 3 is 2.32 bits per heavy atom. The molecule has 2 aromatic carbocycles. The van der Waals surface area contributed by atoms with Gasteiger partial charge in [0.2, 0.25) is 0 Å². The van der Waals surface area contributed by atoms with E-state index in [-0.39, 0.29) is 5.91 Å². The van der Waals surface area contributed by atoms with Gasteiger partial charge < -0.3 is 4.74 Å². The molecule has 1 aliphatic rings. The maximum absolute atomic E-state index is 13.0. The van der Waals surface area contributed by atoms with Crippen LogP contribution in [0.4, 0.5) is 5.69 Å². The number of hydrogen-bond donors (Lipinski definition) is 0. The van der Waals surface area contributed by atoms with Gasteiger partial charge in [-0.1, -0.05) is 46.3 Å². The van der Waals surface area contributed by atoms with Gasteiger partial charge in [0, 0.05) is 15.9 Å². The summed E-state index contributed by atoms with van der Waals surface area (Å²) in [7, 11) is 1.31. The molecule has 0 fully saturated rings. The number of methoxy groups -OCH3 is 1. The third-order valence-electron chi connectivity index (χ3n) is 3.98. The molecule has 0 aliphatic carbocycles. The molecule has 5 heteroatoms. The van der Waals surface area contributed by atoms with Crippen molar-refractivity contribution in [3.05, 3.63) is 81.5 Å². The molecule has 0 spiro atoms. The average Bonchev–Trinajstić information content (AvgIpc) is 2.87. The highest BCUT2D eigenvalue weighted by molar-refractivity contribution is 9.10. The lowest BCUT2D eigenvalue weighted by Gasteiger charge is -2.17. The highest BCUT2D eigenvalue weighted by Crippen LogP contribution is 2.35. The summed E-state index contributed by atoms with van der Waals surface area (Å²) in [5.41, 5.74) is 2.72. The standard InChI is InChI=1S/C20H16BrNO3/c1-13-18(20(24)25-2)17(12-14-8-10-15(21)11-9-14)19(23)22(13)16-6-4-3-5-7-16/h3-12H,1-2H3/b17-12-. The molecule has 1 aliphatic heterocycles. The number of rotatable bonds is 3. The molecule has 0 saturated carbocycles. The molecule has 0 aromatic heterocycles. The number of halogens is 1. The Labute approximate surface area is 154 Å². The van der Waals surface area contributed by atoms with Crippen molar-refractivity contribution in [2.24, 2.45) is 0 Å². The molecule has 0 N–H and O–H groups in total. The zero-order chi connectivity index (χ0) is 18.0. The zero-order valence-corrected chi connectivity index (χ0v) is 15.4. The Balaban J connectivity index is 2.12. The molecule has 0 bridgehead atoms. The smallest absolute Gasteiger partial charge is 0.340 e. The number of para-hydroxylation sites is 1. The fourth-order valence-corrected chi connectivity index (χ4v) is 3.06. The Bertz CT molecular complexity index is 883. The van der Waals surface area contributed by atoms with Crippen molar-refractivity contribution in [3.8, 4) is 0 Å². The minimum Gasteiger partial charge on any atom is -0.465 e. The molecular formula is C20H16BrNO3. The normalized spacial score (nSPS) is 15.9. The lowest BCUT2D eigenvalue weighted by Crippen LogP contribution is -2.24. The third kappa shape index (κ3) is 3.28. The summed E-state index contributed by atoms with van der Waals surface area (Å²) in [6, 6.07) is 16.8. The zero-order valence-electron chi connectivity index (χ0n) is 13.8. The second-order valence-electron chi connectivity index (χ2n) is 5.54. The largest absolute Gasteiger partial charge is 0.465 e. The average molecular weight is 398 g/mol. The Kier molecular flexibility index (Phi) is 4.86. The van der Waals surface area contributed by atoms with E-state index in [1.54, 1.807) is 13.0 Å². The Hall–Kier alpha value is -2.66. The summed E-state index contributed by atoms with van der Waals surface area (Å²) >= 11 is 3.39. The second kappa shape index (κ2) is 7.07. The highest BCUT2D eigenvalue weighted by Gasteiger charge is 2.37. The third-order valence-corrected chi connectivity index (χ3v) is 4.51. The second-order valence-corrected chi connectivity index (χ2v) is 6.45. The monoisotopic (exact) mass is 397 g/mol. The van der Waals surface area contributed by atoms with Crippen LogP contribution < -0.4 is 4.90 Å². The molecule has 1 amide bonds. The Morgan fingerprint density at radius 2 is 1.72 bits per heavy atom. The summed E-state index contributed by atoms with van der Waals surface area (Å²) in [5, 5.41) is 0.